The quantitative estimate of drug-likeness (QED) is 0.728. The van der Waals surface area contributed by atoms with Gasteiger partial charge in [-0.3, -0.25) is 9.59 Å². The average molecular weight is 400 g/mol. The van der Waals surface area contributed by atoms with Gasteiger partial charge >= 0.3 is 0 Å². The van der Waals surface area contributed by atoms with Crippen LogP contribution in [0.15, 0.2) is 58.6 Å². The van der Waals surface area contributed by atoms with Gasteiger partial charge in [0.2, 0.25) is 6.10 Å². The average Bonchev–Trinajstić information content (AvgIpc) is 3.17. The van der Waals surface area contributed by atoms with E-state index in [1.807, 2.05) is 0 Å². The molecule has 0 radical (unpaired) electrons. The number of methoxy groups -OCH3 is 1. The van der Waals surface area contributed by atoms with Gasteiger partial charge < -0.3 is 9.57 Å². The number of fused-ring (bicyclic) bond motifs is 1. The molecule has 8 nitrogen and oxygen atoms in total. The van der Waals surface area contributed by atoms with Gasteiger partial charge in [0, 0.05) is 5.56 Å². The van der Waals surface area contributed by atoms with E-state index in [2.05, 4.69) is 5.16 Å². The van der Waals surface area contributed by atoms with Gasteiger partial charge in [-0.1, -0.05) is 24.2 Å². The molecule has 2 aliphatic rings. The molecule has 0 saturated heterocycles. The van der Waals surface area contributed by atoms with E-state index < -0.39 is 33.9 Å². The van der Waals surface area contributed by atoms with Crippen LogP contribution in [0.25, 0.3) is 0 Å². The van der Waals surface area contributed by atoms with Crippen LogP contribution in [-0.2, 0) is 19.7 Å². The van der Waals surface area contributed by atoms with E-state index >= 15 is 0 Å². The van der Waals surface area contributed by atoms with Gasteiger partial charge in [-0.05, 0) is 36.4 Å². The number of rotatable bonds is 3. The second-order valence-electron chi connectivity index (χ2n) is 6.43. The zero-order valence-corrected chi connectivity index (χ0v) is 15.8. The largest absolute Gasteiger partial charge is 0.497 e. The van der Waals surface area contributed by atoms with Crippen LogP contribution < -0.4 is 4.74 Å². The Hall–Kier alpha value is -3.20. The molecular weight excluding hydrogens is 384 g/mol. The highest BCUT2D eigenvalue weighted by Crippen LogP contribution is 2.33. The molecule has 0 saturated carbocycles. The molecule has 2 aromatic rings. The van der Waals surface area contributed by atoms with Crippen molar-refractivity contribution in [3.63, 3.8) is 0 Å². The normalized spacial score (nSPS) is 22.4. The summed E-state index contributed by atoms with van der Waals surface area (Å²) in [4.78, 5) is 30.6. The van der Waals surface area contributed by atoms with Crippen molar-refractivity contribution >= 4 is 27.5 Å². The van der Waals surface area contributed by atoms with Crippen molar-refractivity contribution in [2.45, 2.75) is 17.9 Å². The molecular formula is C19H16N2O6S. The summed E-state index contributed by atoms with van der Waals surface area (Å²) in [7, 11) is -2.71. The molecule has 2 atom stereocenters. The highest BCUT2D eigenvalue weighted by atomic mass is 32.2. The fourth-order valence-electron chi connectivity index (χ4n) is 3.29. The monoisotopic (exact) mass is 400 g/mol. The summed E-state index contributed by atoms with van der Waals surface area (Å²) in [5.41, 5.74) is 1.17. The lowest BCUT2D eigenvalue weighted by molar-refractivity contribution is -0.136. The highest BCUT2D eigenvalue weighted by molar-refractivity contribution is 7.90. The van der Waals surface area contributed by atoms with Crippen molar-refractivity contribution in [3.8, 4) is 5.75 Å². The van der Waals surface area contributed by atoms with Crippen molar-refractivity contribution in [1.82, 2.24) is 4.31 Å². The topological polar surface area (TPSA) is 102 Å². The lowest BCUT2D eigenvalue weighted by atomic mass is 9.93. The number of carbonyl (C=O) groups is 2. The molecule has 144 valence electrons. The van der Waals surface area contributed by atoms with Crippen molar-refractivity contribution < 1.29 is 27.6 Å². The maximum absolute atomic E-state index is 12.9. The van der Waals surface area contributed by atoms with Crippen LogP contribution in [0.4, 0.5) is 0 Å². The Morgan fingerprint density at radius 3 is 2.46 bits per heavy atom. The summed E-state index contributed by atoms with van der Waals surface area (Å²) >= 11 is 0. The number of carbonyl (C=O) groups excluding carboxylic acids is 2. The number of hydrogen-bond donors (Lipinski definition) is 0. The molecule has 0 spiro atoms. The first-order chi connectivity index (χ1) is 13.4. The first-order valence-electron chi connectivity index (χ1n) is 8.47. The predicted molar refractivity (Wildman–Crippen MR) is 98.4 cm³/mol. The standard InChI is InChI=1S/C19H16N2O6S/c1-11-16(12-7-9-13(26-2)10-8-12)20-27-17(11)19(23)21-18(22)14-5-3-4-6-15(14)28(21,24)25/h3-11,17H,1-2H3. The number of benzene rings is 2. The molecule has 2 unspecified atom stereocenters. The summed E-state index contributed by atoms with van der Waals surface area (Å²) < 4.78 is 30.8. The Morgan fingerprint density at radius 1 is 1.14 bits per heavy atom. The molecule has 2 heterocycles. The Morgan fingerprint density at radius 2 is 1.82 bits per heavy atom. The van der Waals surface area contributed by atoms with Gasteiger partial charge in [0.1, 0.15) is 10.6 Å². The molecule has 0 fully saturated rings. The molecule has 0 N–H and O–H groups in total. The van der Waals surface area contributed by atoms with Crippen LogP contribution >= 0.6 is 0 Å². The van der Waals surface area contributed by atoms with Crippen molar-refractivity contribution in [2.24, 2.45) is 11.1 Å². The van der Waals surface area contributed by atoms with Gasteiger partial charge in [0.25, 0.3) is 21.8 Å². The first kappa shape index (κ1) is 18.2. The molecule has 28 heavy (non-hydrogen) atoms. The predicted octanol–water partition coefficient (Wildman–Crippen LogP) is 1.81. The lowest BCUT2D eigenvalue weighted by Gasteiger charge is -2.19. The molecule has 9 heteroatoms. The highest BCUT2D eigenvalue weighted by Gasteiger charge is 2.50. The number of imide groups is 1. The van der Waals surface area contributed by atoms with Crippen molar-refractivity contribution in [3.05, 3.63) is 59.7 Å². The van der Waals surface area contributed by atoms with Crippen LogP contribution in [0.1, 0.15) is 22.8 Å². The maximum Gasteiger partial charge on any atom is 0.288 e. The minimum absolute atomic E-state index is 0.0298. The van der Waals surface area contributed by atoms with Crippen LogP contribution in [0.5, 0.6) is 5.75 Å². The van der Waals surface area contributed by atoms with E-state index in [1.165, 1.54) is 18.2 Å². The number of nitrogens with zero attached hydrogens (tertiary/aromatic N) is 2. The van der Waals surface area contributed by atoms with Crippen LogP contribution in [-0.4, -0.2) is 43.5 Å². The second-order valence-corrected chi connectivity index (χ2v) is 8.18. The molecule has 0 bridgehead atoms. The molecule has 4 rings (SSSR count). The summed E-state index contributed by atoms with van der Waals surface area (Å²) in [6, 6.07) is 12.7. The van der Waals surface area contributed by atoms with E-state index in [-0.39, 0.29) is 14.8 Å². The Bertz CT molecular complexity index is 1110. The number of hydrogen-bond acceptors (Lipinski definition) is 7. The molecule has 0 aliphatic carbocycles. The summed E-state index contributed by atoms with van der Waals surface area (Å²) in [6.45, 7) is 1.69. The molecule has 2 amide bonds. The fourth-order valence-corrected chi connectivity index (χ4v) is 4.82. The minimum atomic E-state index is -4.26. The molecule has 2 aliphatic heterocycles. The van der Waals surface area contributed by atoms with Crippen molar-refractivity contribution in [1.29, 1.82) is 0 Å². The summed E-state index contributed by atoms with van der Waals surface area (Å²) in [6.07, 6.45) is -1.22. The van der Waals surface area contributed by atoms with Gasteiger partial charge in [-0.15, -0.1) is 0 Å². The van der Waals surface area contributed by atoms with Crippen molar-refractivity contribution in [2.75, 3.05) is 7.11 Å². The Labute approximate surface area is 161 Å². The summed E-state index contributed by atoms with van der Waals surface area (Å²) in [5.74, 6) is -1.72. The van der Waals surface area contributed by atoms with E-state index in [4.69, 9.17) is 9.57 Å². The zero-order valence-electron chi connectivity index (χ0n) is 15.0. The van der Waals surface area contributed by atoms with E-state index in [1.54, 1.807) is 44.4 Å². The lowest BCUT2D eigenvalue weighted by Crippen LogP contribution is -2.45. The third kappa shape index (κ3) is 2.58. The van der Waals surface area contributed by atoms with Crippen LogP contribution in [0, 0.1) is 5.92 Å². The number of amides is 2. The summed E-state index contributed by atoms with van der Waals surface area (Å²) in [5, 5.41) is 3.96. The maximum atomic E-state index is 12.9. The minimum Gasteiger partial charge on any atom is -0.497 e. The van der Waals surface area contributed by atoms with E-state index in [9.17, 15) is 18.0 Å². The van der Waals surface area contributed by atoms with E-state index in [0.29, 0.717) is 17.0 Å². The number of sulfonamides is 1. The third-order valence-corrected chi connectivity index (χ3v) is 6.54. The molecule has 0 aromatic heterocycles. The second kappa shape index (κ2) is 6.45. The third-order valence-electron chi connectivity index (χ3n) is 4.80. The zero-order chi connectivity index (χ0) is 20.1. The van der Waals surface area contributed by atoms with Gasteiger partial charge in [0.05, 0.1) is 24.3 Å². The van der Waals surface area contributed by atoms with Gasteiger partial charge in [-0.25, -0.2) is 8.42 Å². The number of ether oxygens (including phenoxy) is 1. The molecule has 2 aromatic carbocycles. The smallest absolute Gasteiger partial charge is 0.288 e. The van der Waals surface area contributed by atoms with Crippen LogP contribution in [0.3, 0.4) is 0 Å². The van der Waals surface area contributed by atoms with Gasteiger partial charge in [-0.2, -0.15) is 4.31 Å². The van der Waals surface area contributed by atoms with Crippen LogP contribution in [0.2, 0.25) is 0 Å². The van der Waals surface area contributed by atoms with Gasteiger partial charge in [0.15, 0.2) is 0 Å². The fraction of sp³-hybridized carbons (Fsp3) is 0.211. The Balaban J connectivity index is 1.61. The van der Waals surface area contributed by atoms with E-state index in [0.717, 1.165) is 0 Å². The number of oxime groups is 1. The first-order valence-corrected chi connectivity index (χ1v) is 9.91. The SMILES string of the molecule is COc1ccc(C2=NOC(C(=O)N3C(=O)c4ccccc4S3(=O)=O)C2C)cc1. The Kier molecular flexibility index (Phi) is 4.19.